The van der Waals surface area contributed by atoms with E-state index in [-0.39, 0.29) is 11.2 Å². The number of aliphatic hydroxyl groups excluding tert-OH is 1. The molecule has 0 aliphatic heterocycles. The molecule has 0 fully saturated rings. The van der Waals surface area contributed by atoms with Crippen LogP contribution >= 0.6 is 0 Å². The van der Waals surface area contributed by atoms with Crippen LogP contribution in [0.4, 0.5) is 0 Å². The summed E-state index contributed by atoms with van der Waals surface area (Å²) >= 11 is 0. The van der Waals surface area contributed by atoms with E-state index < -0.39 is 0 Å². The first-order valence-corrected chi connectivity index (χ1v) is 10.3. The van der Waals surface area contributed by atoms with E-state index in [1.165, 1.54) is 47.7 Å². The predicted octanol–water partition coefficient (Wildman–Crippen LogP) is 2.72. The van der Waals surface area contributed by atoms with Crippen LogP contribution in [0.5, 0.6) is 0 Å². The molecular formula is C20H34N4O3. The number of rotatable bonds is 13. The number of aryl methyl sites for hydroxylation is 2. The Balaban J connectivity index is 1.69. The molecule has 27 heavy (non-hydrogen) atoms. The lowest BCUT2D eigenvalue weighted by Gasteiger charge is -2.08. The molecule has 0 radical (unpaired) electrons. The van der Waals surface area contributed by atoms with Crippen molar-refractivity contribution >= 4 is 11.2 Å². The molecule has 2 aromatic heterocycles. The van der Waals surface area contributed by atoms with Crippen LogP contribution in [0.3, 0.4) is 0 Å². The fraction of sp³-hybridized carbons (Fsp3) is 0.750. The summed E-state index contributed by atoms with van der Waals surface area (Å²) in [5.74, 6) is 0. The zero-order chi connectivity index (χ0) is 19.6. The van der Waals surface area contributed by atoms with E-state index in [2.05, 4.69) is 4.98 Å². The van der Waals surface area contributed by atoms with Crippen molar-refractivity contribution < 1.29 is 5.11 Å². The van der Waals surface area contributed by atoms with Gasteiger partial charge in [-0.2, -0.15) is 0 Å². The molecular weight excluding hydrogens is 344 g/mol. The minimum atomic E-state index is -0.285. The van der Waals surface area contributed by atoms with Crippen LogP contribution in [0.25, 0.3) is 11.2 Å². The third-order valence-electron chi connectivity index (χ3n) is 5.24. The molecule has 0 saturated carbocycles. The van der Waals surface area contributed by atoms with Gasteiger partial charge in [-0.05, 0) is 12.8 Å². The lowest BCUT2D eigenvalue weighted by atomic mass is 10.1. The van der Waals surface area contributed by atoms with Crippen molar-refractivity contribution in [2.45, 2.75) is 77.2 Å². The molecule has 7 heteroatoms. The van der Waals surface area contributed by atoms with Crippen molar-refractivity contribution in [3.8, 4) is 0 Å². The molecule has 0 saturated heterocycles. The van der Waals surface area contributed by atoms with Gasteiger partial charge in [-0.1, -0.05) is 57.8 Å². The van der Waals surface area contributed by atoms with Gasteiger partial charge >= 0.3 is 5.69 Å². The number of unbranched alkanes of at least 4 members (excludes halogenated alkanes) is 10. The van der Waals surface area contributed by atoms with E-state index in [1.807, 2.05) is 0 Å². The van der Waals surface area contributed by atoms with Gasteiger partial charge in [0.25, 0.3) is 5.56 Å². The minimum Gasteiger partial charge on any atom is -0.396 e. The van der Waals surface area contributed by atoms with Gasteiger partial charge in [0.05, 0.1) is 6.33 Å². The highest BCUT2D eigenvalue weighted by molar-refractivity contribution is 5.69. The van der Waals surface area contributed by atoms with Gasteiger partial charge in [0.1, 0.15) is 0 Å². The van der Waals surface area contributed by atoms with Crippen LogP contribution in [0.15, 0.2) is 15.9 Å². The van der Waals surface area contributed by atoms with Crippen LogP contribution in [-0.4, -0.2) is 30.4 Å². The maximum Gasteiger partial charge on any atom is 0.332 e. The zero-order valence-electron chi connectivity index (χ0n) is 16.8. The highest BCUT2D eigenvalue weighted by atomic mass is 16.3. The molecule has 2 heterocycles. The van der Waals surface area contributed by atoms with E-state index in [4.69, 9.17) is 5.11 Å². The van der Waals surface area contributed by atoms with E-state index in [0.717, 1.165) is 32.1 Å². The third-order valence-corrected chi connectivity index (χ3v) is 5.24. The zero-order valence-corrected chi connectivity index (χ0v) is 16.8. The van der Waals surface area contributed by atoms with E-state index in [0.29, 0.717) is 24.3 Å². The number of nitrogens with zero attached hydrogens (tertiary/aromatic N) is 4. The average Bonchev–Trinajstić information content (AvgIpc) is 3.05. The smallest absolute Gasteiger partial charge is 0.332 e. The first-order chi connectivity index (χ1) is 13.1. The quantitative estimate of drug-likeness (QED) is 0.543. The van der Waals surface area contributed by atoms with Crippen LogP contribution in [0, 0.1) is 0 Å². The van der Waals surface area contributed by atoms with Gasteiger partial charge in [-0.3, -0.25) is 13.9 Å². The number of imidazole rings is 1. The van der Waals surface area contributed by atoms with Gasteiger partial charge in [-0.25, -0.2) is 9.78 Å². The summed E-state index contributed by atoms with van der Waals surface area (Å²) in [6.07, 6.45) is 14.2. The number of hydrogen-bond donors (Lipinski definition) is 1. The summed E-state index contributed by atoms with van der Waals surface area (Å²) in [7, 11) is 3.44. The maximum atomic E-state index is 12.6. The second kappa shape index (κ2) is 11.1. The van der Waals surface area contributed by atoms with E-state index >= 15 is 0 Å². The second-order valence-electron chi connectivity index (χ2n) is 7.44. The van der Waals surface area contributed by atoms with Crippen molar-refractivity contribution in [1.29, 1.82) is 0 Å². The average molecular weight is 379 g/mol. The van der Waals surface area contributed by atoms with Crippen molar-refractivity contribution in [2.75, 3.05) is 6.61 Å². The summed E-state index contributed by atoms with van der Waals surface area (Å²) in [4.78, 5) is 29.1. The Morgan fingerprint density at radius 1 is 0.852 bits per heavy atom. The molecule has 152 valence electrons. The predicted molar refractivity (Wildman–Crippen MR) is 108 cm³/mol. The van der Waals surface area contributed by atoms with Gasteiger partial charge in [0.2, 0.25) is 0 Å². The molecule has 1 N–H and O–H groups in total. The summed E-state index contributed by atoms with van der Waals surface area (Å²) in [6, 6.07) is 0. The number of aromatic nitrogens is 4. The molecule has 0 aliphatic rings. The highest BCUT2D eigenvalue weighted by Crippen LogP contribution is 2.11. The number of aliphatic hydroxyl groups is 1. The Morgan fingerprint density at radius 2 is 1.37 bits per heavy atom. The van der Waals surface area contributed by atoms with Crippen molar-refractivity contribution in [3.05, 3.63) is 27.2 Å². The Bertz CT molecular complexity index is 819. The van der Waals surface area contributed by atoms with Crippen LogP contribution < -0.4 is 11.2 Å². The molecule has 2 rings (SSSR count). The van der Waals surface area contributed by atoms with Gasteiger partial charge in [0, 0.05) is 27.2 Å². The molecule has 0 spiro atoms. The van der Waals surface area contributed by atoms with E-state index in [1.54, 1.807) is 25.0 Å². The number of hydrogen-bond acceptors (Lipinski definition) is 4. The normalized spacial score (nSPS) is 11.5. The summed E-state index contributed by atoms with van der Waals surface area (Å²) in [6.45, 7) is 0.783. The first-order valence-electron chi connectivity index (χ1n) is 10.3. The van der Waals surface area contributed by atoms with E-state index in [9.17, 15) is 9.59 Å². The standard InChI is InChI=1S/C20H34N4O3/c1-22-16-21-18-17(22)19(26)24(20(27)23(18)2)14-12-10-8-6-4-3-5-7-9-11-13-15-25/h16,25H,3-15H2,1-2H3. The monoisotopic (exact) mass is 378 g/mol. The SMILES string of the molecule is Cn1cnc2c1c(=O)n(CCCCCCCCCCCCCO)c(=O)n2C. The van der Waals surface area contributed by atoms with Crippen LogP contribution in [0.2, 0.25) is 0 Å². The fourth-order valence-corrected chi connectivity index (χ4v) is 3.57. The topological polar surface area (TPSA) is 82.1 Å². The molecule has 2 aromatic rings. The Hall–Kier alpha value is -1.89. The molecule has 0 bridgehead atoms. The Labute approximate surface area is 160 Å². The minimum absolute atomic E-state index is 0.241. The molecule has 7 nitrogen and oxygen atoms in total. The largest absolute Gasteiger partial charge is 0.396 e. The fourth-order valence-electron chi connectivity index (χ4n) is 3.57. The van der Waals surface area contributed by atoms with Crippen molar-refractivity contribution in [2.24, 2.45) is 14.1 Å². The van der Waals surface area contributed by atoms with Crippen LogP contribution in [-0.2, 0) is 20.6 Å². The maximum absolute atomic E-state index is 12.6. The third kappa shape index (κ3) is 5.79. The summed E-state index contributed by atoms with van der Waals surface area (Å²) in [5.41, 5.74) is 0.401. The van der Waals surface area contributed by atoms with Crippen molar-refractivity contribution in [3.63, 3.8) is 0 Å². The van der Waals surface area contributed by atoms with Gasteiger partial charge < -0.3 is 9.67 Å². The van der Waals surface area contributed by atoms with Crippen LogP contribution in [0.1, 0.15) is 70.6 Å². The van der Waals surface area contributed by atoms with Gasteiger partial charge in [-0.15, -0.1) is 0 Å². The molecule has 0 atom stereocenters. The second-order valence-corrected chi connectivity index (χ2v) is 7.44. The number of fused-ring (bicyclic) bond motifs is 1. The van der Waals surface area contributed by atoms with Crippen molar-refractivity contribution in [1.82, 2.24) is 18.7 Å². The van der Waals surface area contributed by atoms with Gasteiger partial charge in [0.15, 0.2) is 11.2 Å². The highest BCUT2D eigenvalue weighted by Gasteiger charge is 2.14. The summed E-state index contributed by atoms with van der Waals surface area (Å²) in [5, 5.41) is 8.73. The summed E-state index contributed by atoms with van der Waals surface area (Å²) < 4.78 is 4.48. The Morgan fingerprint density at radius 3 is 1.93 bits per heavy atom. The molecule has 0 aliphatic carbocycles. The molecule has 0 unspecified atom stereocenters. The first kappa shape index (κ1) is 21.4. The lowest BCUT2D eigenvalue weighted by Crippen LogP contribution is -2.39. The molecule has 0 aromatic carbocycles. The lowest BCUT2D eigenvalue weighted by molar-refractivity contribution is 0.282. The Kier molecular flexibility index (Phi) is 8.78. The molecule has 0 amide bonds.